The Balaban J connectivity index is 0.000000496. The predicted molar refractivity (Wildman–Crippen MR) is 94.0 cm³/mol. The lowest BCUT2D eigenvalue weighted by Crippen LogP contribution is -2.20. The van der Waals surface area contributed by atoms with E-state index in [2.05, 4.69) is 6.92 Å². The number of ether oxygens (including phenoxy) is 3. The Morgan fingerprint density at radius 3 is 2.04 bits per heavy atom. The van der Waals surface area contributed by atoms with Gasteiger partial charge in [-0.1, -0.05) is 38.5 Å². The van der Waals surface area contributed by atoms with Gasteiger partial charge in [0.25, 0.3) is 0 Å². The van der Waals surface area contributed by atoms with E-state index in [4.69, 9.17) is 14.2 Å². The minimum absolute atomic E-state index is 0.0997. The third-order valence-electron chi connectivity index (χ3n) is 3.05. The molecule has 0 aliphatic carbocycles. The predicted octanol–water partition coefficient (Wildman–Crippen LogP) is 3.92. The number of hydrogen-bond acceptors (Lipinski definition) is 5. The van der Waals surface area contributed by atoms with Gasteiger partial charge in [-0.15, -0.1) is 0 Å². The van der Waals surface area contributed by atoms with E-state index >= 15 is 0 Å². The normalized spacial score (nSPS) is 10.9. The van der Waals surface area contributed by atoms with Crippen LogP contribution >= 0.6 is 0 Å². The minimum atomic E-state index is -0.416. The molecule has 0 radical (unpaired) electrons. The highest BCUT2D eigenvalue weighted by molar-refractivity contribution is 5.79. The van der Waals surface area contributed by atoms with Crippen molar-refractivity contribution in [1.82, 2.24) is 0 Å². The standard InChI is InChI=1S/C11H20O4.C8H10O/c1-4-6-14-10(12)8-9(3)11(13)15-7-5-2;1-7-3-5-8(9-2)6-4-7/h9H,4-8H2,1-3H3;3-6H,1-2H3. The molecule has 24 heavy (non-hydrogen) atoms. The van der Waals surface area contributed by atoms with Crippen molar-refractivity contribution in [3.63, 3.8) is 0 Å². The Morgan fingerprint density at radius 1 is 1.00 bits per heavy atom. The van der Waals surface area contributed by atoms with E-state index in [1.54, 1.807) is 14.0 Å². The van der Waals surface area contributed by atoms with E-state index in [1.807, 2.05) is 38.1 Å². The average Bonchev–Trinajstić information content (AvgIpc) is 2.59. The summed E-state index contributed by atoms with van der Waals surface area (Å²) in [5, 5.41) is 0. The molecule has 0 aliphatic heterocycles. The molecule has 0 spiro atoms. The first-order valence-electron chi connectivity index (χ1n) is 8.37. The molecular weight excluding hydrogens is 308 g/mol. The van der Waals surface area contributed by atoms with Crippen LogP contribution in [0.5, 0.6) is 5.75 Å². The molecule has 5 nitrogen and oxygen atoms in total. The monoisotopic (exact) mass is 338 g/mol. The van der Waals surface area contributed by atoms with Crippen LogP contribution in [0.4, 0.5) is 0 Å². The largest absolute Gasteiger partial charge is 0.497 e. The Bertz CT molecular complexity index is 467. The summed E-state index contributed by atoms with van der Waals surface area (Å²) in [6, 6.07) is 7.96. The van der Waals surface area contributed by atoms with Crippen LogP contribution in [0.2, 0.25) is 0 Å². The van der Waals surface area contributed by atoms with Gasteiger partial charge in [0, 0.05) is 0 Å². The van der Waals surface area contributed by atoms with E-state index in [9.17, 15) is 9.59 Å². The number of esters is 2. The number of methoxy groups -OCH3 is 1. The maximum absolute atomic E-state index is 11.3. The maximum atomic E-state index is 11.3. The Morgan fingerprint density at radius 2 is 1.54 bits per heavy atom. The van der Waals surface area contributed by atoms with Crippen molar-refractivity contribution >= 4 is 11.9 Å². The van der Waals surface area contributed by atoms with Gasteiger partial charge in [-0.05, 0) is 31.9 Å². The summed E-state index contributed by atoms with van der Waals surface area (Å²) in [4.78, 5) is 22.4. The van der Waals surface area contributed by atoms with Gasteiger partial charge in [-0.2, -0.15) is 0 Å². The molecule has 0 fully saturated rings. The first-order valence-corrected chi connectivity index (χ1v) is 8.37. The fraction of sp³-hybridized carbons (Fsp3) is 0.579. The van der Waals surface area contributed by atoms with Crippen LogP contribution in [-0.4, -0.2) is 32.3 Å². The maximum Gasteiger partial charge on any atom is 0.309 e. The molecule has 1 aromatic carbocycles. The second kappa shape index (κ2) is 13.4. The summed E-state index contributed by atoms with van der Waals surface area (Å²) >= 11 is 0. The molecule has 1 unspecified atom stereocenters. The Hall–Kier alpha value is -2.04. The number of aryl methyl sites for hydroxylation is 1. The van der Waals surface area contributed by atoms with E-state index in [0.29, 0.717) is 13.2 Å². The van der Waals surface area contributed by atoms with E-state index in [1.165, 1.54) is 5.56 Å². The van der Waals surface area contributed by atoms with Crippen molar-refractivity contribution in [2.24, 2.45) is 5.92 Å². The van der Waals surface area contributed by atoms with Gasteiger partial charge >= 0.3 is 11.9 Å². The van der Waals surface area contributed by atoms with Crippen molar-refractivity contribution in [3.05, 3.63) is 29.8 Å². The van der Waals surface area contributed by atoms with Gasteiger partial charge in [-0.25, -0.2) is 0 Å². The van der Waals surface area contributed by atoms with Crippen molar-refractivity contribution in [2.45, 2.75) is 47.0 Å². The lowest BCUT2D eigenvalue weighted by atomic mass is 10.1. The van der Waals surface area contributed by atoms with E-state index in [0.717, 1.165) is 18.6 Å². The van der Waals surface area contributed by atoms with Gasteiger partial charge < -0.3 is 14.2 Å². The number of benzene rings is 1. The minimum Gasteiger partial charge on any atom is -0.497 e. The van der Waals surface area contributed by atoms with Crippen molar-refractivity contribution < 1.29 is 23.8 Å². The fourth-order valence-corrected chi connectivity index (χ4v) is 1.63. The number of carbonyl (C=O) groups excluding carboxylic acids is 2. The third-order valence-corrected chi connectivity index (χ3v) is 3.05. The summed E-state index contributed by atoms with van der Waals surface area (Å²) < 4.78 is 14.8. The molecule has 0 saturated heterocycles. The zero-order chi connectivity index (χ0) is 18.4. The number of hydrogen-bond donors (Lipinski definition) is 0. The average molecular weight is 338 g/mol. The van der Waals surface area contributed by atoms with Crippen molar-refractivity contribution in [2.75, 3.05) is 20.3 Å². The zero-order valence-electron chi connectivity index (χ0n) is 15.5. The zero-order valence-corrected chi connectivity index (χ0v) is 15.5. The lowest BCUT2D eigenvalue weighted by molar-refractivity contribution is -0.154. The van der Waals surface area contributed by atoms with Gasteiger partial charge in [0.15, 0.2) is 0 Å². The first-order chi connectivity index (χ1) is 11.4. The molecular formula is C19H30O5. The fourth-order valence-electron chi connectivity index (χ4n) is 1.63. The van der Waals surface area contributed by atoms with Gasteiger partial charge in [0.1, 0.15) is 5.75 Å². The summed E-state index contributed by atoms with van der Waals surface area (Å²) in [5.74, 6) is -0.162. The molecule has 0 N–H and O–H groups in total. The summed E-state index contributed by atoms with van der Waals surface area (Å²) in [6.45, 7) is 8.40. The third kappa shape index (κ3) is 10.6. The van der Waals surface area contributed by atoms with Crippen LogP contribution in [0.3, 0.4) is 0 Å². The van der Waals surface area contributed by atoms with Crippen LogP contribution in [-0.2, 0) is 19.1 Å². The number of rotatable bonds is 8. The molecule has 0 bridgehead atoms. The Labute approximate surface area is 145 Å². The highest BCUT2D eigenvalue weighted by Crippen LogP contribution is 2.09. The molecule has 0 aliphatic rings. The van der Waals surface area contributed by atoms with Crippen LogP contribution in [0, 0.1) is 12.8 Å². The number of carbonyl (C=O) groups is 2. The molecule has 136 valence electrons. The summed E-state index contributed by atoms with van der Waals surface area (Å²) in [7, 11) is 1.67. The molecule has 5 heteroatoms. The van der Waals surface area contributed by atoms with E-state index < -0.39 is 5.92 Å². The summed E-state index contributed by atoms with van der Waals surface area (Å²) in [6.07, 6.45) is 1.68. The first kappa shape index (κ1) is 22.0. The lowest BCUT2D eigenvalue weighted by Gasteiger charge is -2.10. The van der Waals surface area contributed by atoms with Gasteiger partial charge in [0.2, 0.25) is 0 Å². The van der Waals surface area contributed by atoms with Crippen LogP contribution in [0.1, 0.15) is 45.6 Å². The van der Waals surface area contributed by atoms with E-state index in [-0.39, 0.29) is 18.4 Å². The SMILES string of the molecule is CCCOC(=O)CC(C)C(=O)OCCC.COc1ccc(C)cc1. The molecule has 1 rings (SSSR count). The van der Waals surface area contributed by atoms with Crippen LogP contribution in [0.15, 0.2) is 24.3 Å². The second-order valence-electron chi connectivity index (χ2n) is 5.51. The topological polar surface area (TPSA) is 61.8 Å². The molecule has 1 aromatic rings. The highest BCUT2D eigenvalue weighted by Gasteiger charge is 2.18. The van der Waals surface area contributed by atoms with Crippen LogP contribution < -0.4 is 4.74 Å². The smallest absolute Gasteiger partial charge is 0.309 e. The highest BCUT2D eigenvalue weighted by atomic mass is 16.5. The van der Waals surface area contributed by atoms with Crippen molar-refractivity contribution in [3.8, 4) is 5.75 Å². The quantitative estimate of drug-likeness (QED) is 0.672. The molecule has 0 amide bonds. The second-order valence-corrected chi connectivity index (χ2v) is 5.51. The van der Waals surface area contributed by atoms with Gasteiger partial charge in [-0.3, -0.25) is 9.59 Å². The molecule has 0 heterocycles. The molecule has 1 atom stereocenters. The van der Waals surface area contributed by atoms with Crippen LogP contribution in [0.25, 0.3) is 0 Å². The molecule has 0 saturated carbocycles. The van der Waals surface area contributed by atoms with Crippen molar-refractivity contribution in [1.29, 1.82) is 0 Å². The Kier molecular flexibility index (Phi) is 12.3. The van der Waals surface area contributed by atoms with Gasteiger partial charge in [0.05, 0.1) is 32.7 Å². The molecule has 0 aromatic heterocycles. The summed E-state index contributed by atoms with van der Waals surface area (Å²) in [5.41, 5.74) is 1.26.